The molecule has 2 rings (SSSR count). The Hall–Kier alpha value is -1.89. The smallest absolute Gasteiger partial charge is 0.320 e. The second-order valence-electron chi connectivity index (χ2n) is 4.32. The van der Waals surface area contributed by atoms with Gasteiger partial charge >= 0.3 is 6.03 Å². The van der Waals surface area contributed by atoms with E-state index in [2.05, 4.69) is 32.7 Å². The molecule has 0 unspecified atom stereocenters. The number of nitrogens with zero attached hydrogens (tertiary/aromatic N) is 2. The second kappa shape index (κ2) is 5.83. The Bertz CT molecular complexity index is 555. The summed E-state index contributed by atoms with van der Waals surface area (Å²) in [6, 6.07) is 1.52. The van der Waals surface area contributed by atoms with E-state index in [1.807, 2.05) is 13.8 Å². The van der Waals surface area contributed by atoms with E-state index in [0.717, 1.165) is 22.8 Å². The van der Waals surface area contributed by atoms with Gasteiger partial charge < -0.3 is 5.32 Å². The van der Waals surface area contributed by atoms with E-state index in [9.17, 15) is 4.79 Å². The summed E-state index contributed by atoms with van der Waals surface area (Å²) in [7, 11) is 0. The van der Waals surface area contributed by atoms with Crippen LogP contribution in [-0.2, 0) is 6.42 Å². The zero-order valence-electron chi connectivity index (χ0n) is 11.2. The minimum Gasteiger partial charge on any atom is -0.337 e. The first-order chi connectivity index (χ1) is 9.04. The van der Waals surface area contributed by atoms with Gasteiger partial charge in [0, 0.05) is 29.6 Å². The number of aryl methyl sites for hydroxylation is 3. The van der Waals surface area contributed by atoms with Crippen LogP contribution in [0.3, 0.4) is 0 Å². The Morgan fingerprint density at radius 2 is 2.21 bits per heavy atom. The quantitative estimate of drug-likeness (QED) is 0.802. The Morgan fingerprint density at radius 1 is 1.42 bits per heavy atom. The normalized spacial score (nSPS) is 10.5. The van der Waals surface area contributed by atoms with Crippen molar-refractivity contribution >= 4 is 23.2 Å². The first-order valence-corrected chi connectivity index (χ1v) is 6.86. The highest BCUT2D eigenvalue weighted by Crippen LogP contribution is 2.16. The van der Waals surface area contributed by atoms with Crippen LogP contribution in [0.2, 0.25) is 0 Å². The lowest BCUT2D eigenvalue weighted by molar-refractivity contribution is 0.252. The molecule has 2 aromatic heterocycles. The first-order valence-electron chi connectivity index (χ1n) is 6.04. The molecule has 19 heavy (non-hydrogen) atoms. The highest BCUT2D eigenvalue weighted by molar-refractivity contribution is 7.11. The van der Waals surface area contributed by atoms with Crippen molar-refractivity contribution in [2.24, 2.45) is 0 Å². The van der Waals surface area contributed by atoms with Gasteiger partial charge in [-0.2, -0.15) is 5.10 Å². The van der Waals surface area contributed by atoms with Crippen molar-refractivity contribution in [1.29, 1.82) is 0 Å². The standard InChI is InChI=1S/C12H17N5OS/c1-7-6-10(17-16-7)15-12(18)13-5-4-11-14-8(2)9(3)19-11/h6H,4-5H2,1-3H3,(H3,13,15,16,17,18). The molecule has 3 N–H and O–H groups in total. The number of carbonyl (C=O) groups is 1. The number of amides is 2. The summed E-state index contributed by atoms with van der Waals surface area (Å²) in [4.78, 5) is 17.2. The number of H-pyrrole nitrogens is 1. The molecular formula is C12H17N5OS. The molecule has 102 valence electrons. The zero-order chi connectivity index (χ0) is 13.8. The van der Waals surface area contributed by atoms with Crippen LogP contribution in [0.15, 0.2) is 6.07 Å². The van der Waals surface area contributed by atoms with Gasteiger partial charge in [-0.3, -0.25) is 10.4 Å². The summed E-state index contributed by atoms with van der Waals surface area (Å²) in [5, 5.41) is 13.2. The van der Waals surface area contributed by atoms with Crippen molar-refractivity contribution in [3.05, 3.63) is 27.3 Å². The van der Waals surface area contributed by atoms with Crippen LogP contribution in [0.1, 0.15) is 21.3 Å². The number of urea groups is 1. The minimum atomic E-state index is -0.253. The molecule has 2 aromatic rings. The maximum absolute atomic E-state index is 11.6. The lowest BCUT2D eigenvalue weighted by Crippen LogP contribution is -2.30. The number of hydrogen-bond donors (Lipinski definition) is 3. The highest BCUT2D eigenvalue weighted by Gasteiger charge is 2.06. The van der Waals surface area contributed by atoms with Gasteiger partial charge in [0.15, 0.2) is 5.82 Å². The van der Waals surface area contributed by atoms with Crippen molar-refractivity contribution in [3.63, 3.8) is 0 Å². The van der Waals surface area contributed by atoms with Gasteiger partial charge in [0.2, 0.25) is 0 Å². The number of anilines is 1. The van der Waals surface area contributed by atoms with E-state index in [1.54, 1.807) is 17.4 Å². The minimum absolute atomic E-state index is 0.253. The Labute approximate surface area is 115 Å². The molecule has 0 saturated heterocycles. The fourth-order valence-corrected chi connectivity index (χ4v) is 2.51. The number of hydrogen-bond acceptors (Lipinski definition) is 4. The molecule has 0 aliphatic heterocycles. The number of nitrogens with one attached hydrogen (secondary N) is 3. The summed E-state index contributed by atoms with van der Waals surface area (Å²) in [6.07, 6.45) is 0.742. The van der Waals surface area contributed by atoms with Crippen molar-refractivity contribution in [1.82, 2.24) is 20.5 Å². The van der Waals surface area contributed by atoms with Crippen LogP contribution in [0.25, 0.3) is 0 Å². The monoisotopic (exact) mass is 279 g/mol. The molecule has 0 aliphatic rings. The second-order valence-corrected chi connectivity index (χ2v) is 5.60. The zero-order valence-corrected chi connectivity index (χ0v) is 12.0. The number of aromatic nitrogens is 3. The predicted molar refractivity (Wildman–Crippen MR) is 75.6 cm³/mol. The lowest BCUT2D eigenvalue weighted by Gasteiger charge is -2.03. The van der Waals surface area contributed by atoms with E-state index >= 15 is 0 Å². The van der Waals surface area contributed by atoms with Crippen LogP contribution in [0.5, 0.6) is 0 Å². The van der Waals surface area contributed by atoms with Gasteiger partial charge in [-0.25, -0.2) is 9.78 Å². The van der Waals surface area contributed by atoms with Crippen LogP contribution in [0, 0.1) is 20.8 Å². The van der Waals surface area contributed by atoms with Crippen molar-refractivity contribution in [2.45, 2.75) is 27.2 Å². The molecule has 0 atom stereocenters. The molecule has 7 heteroatoms. The summed E-state index contributed by atoms with van der Waals surface area (Å²) in [5.41, 5.74) is 1.97. The Balaban J connectivity index is 1.75. The molecule has 0 fully saturated rings. The average Bonchev–Trinajstić information content (AvgIpc) is 2.86. The van der Waals surface area contributed by atoms with Crippen LogP contribution >= 0.6 is 11.3 Å². The van der Waals surface area contributed by atoms with E-state index in [0.29, 0.717) is 12.4 Å². The molecule has 0 aromatic carbocycles. The largest absolute Gasteiger partial charge is 0.337 e. The van der Waals surface area contributed by atoms with Crippen LogP contribution in [-0.4, -0.2) is 27.8 Å². The Morgan fingerprint density at radius 3 is 2.79 bits per heavy atom. The van der Waals surface area contributed by atoms with Gasteiger partial charge in [-0.15, -0.1) is 11.3 Å². The van der Waals surface area contributed by atoms with E-state index in [-0.39, 0.29) is 6.03 Å². The molecule has 0 spiro atoms. The van der Waals surface area contributed by atoms with Crippen molar-refractivity contribution in [3.8, 4) is 0 Å². The third-order valence-corrected chi connectivity index (χ3v) is 3.78. The highest BCUT2D eigenvalue weighted by atomic mass is 32.1. The molecule has 6 nitrogen and oxygen atoms in total. The molecule has 0 saturated carbocycles. The number of thiazole rings is 1. The maximum atomic E-state index is 11.6. The lowest BCUT2D eigenvalue weighted by atomic mass is 10.4. The third-order valence-electron chi connectivity index (χ3n) is 2.64. The molecule has 2 amide bonds. The van der Waals surface area contributed by atoms with E-state index in [1.165, 1.54) is 4.88 Å². The topological polar surface area (TPSA) is 82.7 Å². The molecule has 0 bridgehead atoms. The van der Waals surface area contributed by atoms with Crippen molar-refractivity contribution < 1.29 is 4.79 Å². The van der Waals surface area contributed by atoms with Crippen LogP contribution < -0.4 is 10.6 Å². The van der Waals surface area contributed by atoms with E-state index < -0.39 is 0 Å². The maximum Gasteiger partial charge on any atom is 0.320 e. The van der Waals surface area contributed by atoms with Gasteiger partial charge in [0.1, 0.15) is 0 Å². The fourth-order valence-electron chi connectivity index (χ4n) is 1.57. The molecule has 0 aliphatic carbocycles. The van der Waals surface area contributed by atoms with Crippen molar-refractivity contribution in [2.75, 3.05) is 11.9 Å². The average molecular weight is 279 g/mol. The van der Waals surface area contributed by atoms with Crippen LogP contribution in [0.4, 0.5) is 10.6 Å². The number of rotatable bonds is 4. The number of carbonyl (C=O) groups excluding carboxylic acids is 1. The summed E-state index contributed by atoms with van der Waals surface area (Å²) in [6.45, 7) is 6.48. The summed E-state index contributed by atoms with van der Waals surface area (Å²) < 4.78 is 0. The van der Waals surface area contributed by atoms with Gasteiger partial charge in [-0.1, -0.05) is 0 Å². The van der Waals surface area contributed by atoms with Gasteiger partial charge in [0.05, 0.1) is 10.7 Å². The molecule has 2 heterocycles. The summed E-state index contributed by atoms with van der Waals surface area (Å²) >= 11 is 1.67. The SMILES string of the molecule is Cc1cc(NC(=O)NCCc2nc(C)c(C)s2)n[nH]1. The first kappa shape index (κ1) is 13.5. The van der Waals surface area contributed by atoms with Gasteiger partial charge in [0.25, 0.3) is 0 Å². The van der Waals surface area contributed by atoms with E-state index in [4.69, 9.17) is 0 Å². The third kappa shape index (κ3) is 3.78. The Kier molecular flexibility index (Phi) is 4.16. The summed E-state index contributed by atoms with van der Waals surface area (Å²) in [5.74, 6) is 0.524. The fraction of sp³-hybridized carbons (Fsp3) is 0.417. The molecule has 0 radical (unpaired) electrons. The van der Waals surface area contributed by atoms with Gasteiger partial charge in [-0.05, 0) is 20.8 Å². The molecular weight excluding hydrogens is 262 g/mol. The number of aromatic amines is 1. The predicted octanol–water partition coefficient (Wildman–Crippen LogP) is 2.16.